The Bertz CT molecular complexity index is 465. The molecule has 0 aliphatic carbocycles. The molecule has 17 heavy (non-hydrogen) atoms. The summed E-state index contributed by atoms with van der Waals surface area (Å²) in [7, 11) is 0. The van der Waals surface area contributed by atoms with E-state index in [9.17, 15) is 0 Å². The van der Waals surface area contributed by atoms with Gasteiger partial charge in [-0.15, -0.1) is 0 Å². The topological polar surface area (TPSA) is 64.4 Å². The Hall–Kier alpha value is -2.29. The number of allylic oxidation sites excluding steroid dienone is 4. The van der Waals surface area contributed by atoms with Crippen LogP contribution in [0.4, 0.5) is 5.69 Å². The molecule has 3 nitrogen and oxygen atoms in total. The molecular formula is C14H17N3. The van der Waals surface area contributed by atoms with E-state index < -0.39 is 0 Å². The van der Waals surface area contributed by atoms with Crippen molar-refractivity contribution in [2.24, 2.45) is 10.7 Å². The number of anilines is 1. The molecule has 3 heteroatoms. The van der Waals surface area contributed by atoms with Crippen molar-refractivity contribution in [2.75, 3.05) is 5.73 Å². The van der Waals surface area contributed by atoms with E-state index in [-0.39, 0.29) is 0 Å². The fraction of sp³-hybridized carbons (Fsp3) is 0.0714. The lowest BCUT2D eigenvalue weighted by atomic mass is 10.1. The first-order valence-corrected chi connectivity index (χ1v) is 5.33. The SMILES string of the molecule is C=C/C=C/C(=N\C(N)=C/C)c1ccc(N)cc1. The average molecular weight is 227 g/mol. The second-order valence-electron chi connectivity index (χ2n) is 3.43. The third kappa shape index (κ3) is 3.99. The monoisotopic (exact) mass is 227 g/mol. The van der Waals surface area contributed by atoms with Gasteiger partial charge in [0.05, 0.1) is 5.71 Å². The minimum Gasteiger partial charge on any atom is -0.399 e. The summed E-state index contributed by atoms with van der Waals surface area (Å²) in [6.45, 7) is 5.48. The zero-order valence-corrected chi connectivity index (χ0v) is 9.93. The highest BCUT2D eigenvalue weighted by molar-refractivity contribution is 6.09. The van der Waals surface area contributed by atoms with E-state index in [1.165, 1.54) is 0 Å². The maximum atomic E-state index is 5.70. The summed E-state index contributed by atoms with van der Waals surface area (Å²) in [6.07, 6.45) is 7.12. The van der Waals surface area contributed by atoms with Gasteiger partial charge in [-0.2, -0.15) is 0 Å². The van der Waals surface area contributed by atoms with Crippen molar-refractivity contribution in [3.05, 3.63) is 66.5 Å². The third-order valence-electron chi connectivity index (χ3n) is 2.14. The highest BCUT2D eigenvalue weighted by Gasteiger charge is 1.99. The van der Waals surface area contributed by atoms with Crippen LogP contribution in [0.25, 0.3) is 0 Å². The molecule has 0 saturated carbocycles. The van der Waals surface area contributed by atoms with Gasteiger partial charge in [0.1, 0.15) is 5.82 Å². The first-order valence-electron chi connectivity index (χ1n) is 5.33. The zero-order valence-electron chi connectivity index (χ0n) is 9.93. The Labute approximate surface area is 102 Å². The molecule has 0 fully saturated rings. The molecule has 0 radical (unpaired) electrons. The van der Waals surface area contributed by atoms with Crippen molar-refractivity contribution in [3.8, 4) is 0 Å². The number of benzene rings is 1. The highest BCUT2D eigenvalue weighted by atomic mass is 14.9. The zero-order chi connectivity index (χ0) is 12.7. The fourth-order valence-corrected chi connectivity index (χ4v) is 1.21. The summed E-state index contributed by atoms with van der Waals surface area (Å²) < 4.78 is 0. The quantitative estimate of drug-likeness (QED) is 0.472. The van der Waals surface area contributed by atoms with Gasteiger partial charge < -0.3 is 11.5 Å². The van der Waals surface area contributed by atoms with Gasteiger partial charge in [0.2, 0.25) is 0 Å². The van der Waals surface area contributed by atoms with Gasteiger partial charge in [0.25, 0.3) is 0 Å². The van der Waals surface area contributed by atoms with Crippen LogP contribution in [0.3, 0.4) is 0 Å². The van der Waals surface area contributed by atoms with Crippen LogP contribution in [0.15, 0.2) is 66.0 Å². The van der Waals surface area contributed by atoms with Gasteiger partial charge in [-0.1, -0.05) is 30.9 Å². The van der Waals surface area contributed by atoms with Crippen LogP contribution in [0.1, 0.15) is 12.5 Å². The van der Waals surface area contributed by atoms with Gasteiger partial charge >= 0.3 is 0 Å². The highest BCUT2D eigenvalue weighted by Crippen LogP contribution is 2.09. The molecular weight excluding hydrogens is 210 g/mol. The molecule has 0 heterocycles. The smallest absolute Gasteiger partial charge is 0.119 e. The summed E-state index contributed by atoms with van der Waals surface area (Å²) in [5.41, 5.74) is 13.8. The Morgan fingerprint density at radius 2 is 1.94 bits per heavy atom. The molecule has 0 aliphatic rings. The van der Waals surface area contributed by atoms with Crippen LogP contribution in [-0.2, 0) is 0 Å². The Morgan fingerprint density at radius 3 is 2.47 bits per heavy atom. The number of hydrogen-bond acceptors (Lipinski definition) is 3. The standard InChI is InChI=1S/C14H17N3/c1-3-5-6-13(17-14(16)4-2)11-7-9-12(15)10-8-11/h3-10H,1,15-16H2,2H3/b6-5+,14-4-,17-13+. The average Bonchev–Trinajstić information content (AvgIpc) is 2.35. The van der Waals surface area contributed by atoms with E-state index >= 15 is 0 Å². The van der Waals surface area contributed by atoms with E-state index in [1.54, 1.807) is 12.2 Å². The number of nitrogen functional groups attached to an aromatic ring is 1. The fourth-order valence-electron chi connectivity index (χ4n) is 1.21. The summed E-state index contributed by atoms with van der Waals surface area (Å²) in [4.78, 5) is 4.31. The lowest BCUT2D eigenvalue weighted by Crippen LogP contribution is -2.02. The van der Waals surface area contributed by atoms with Crippen molar-refractivity contribution >= 4 is 11.4 Å². The summed E-state index contributed by atoms with van der Waals surface area (Å²) >= 11 is 0. The largest absolute Gasteiger partial charge is 0.399 e. The van der Waals surface area contributed by atoms with Crippen molar-refractivity contribution in [3.63, 3.8) is 0 Å². The number of nitrogens with two attached hydrogens (primary N) is 2. The predicted octanol–water partition coefficient (Wildman–Crippen LogP) is 2.62. The lowest BCUT2D eigenvalue weighted by Gasteiger charge is -2.02. The van der Waals surface area contributed by atoms with Crippen LogP contribution < -0.4 is 11.5 Å². The third-order valence-corrected chi connectivity index (χ3v) is 2.14. The van der Waals surface area contributed by atoms with Crippen molar-refractivity contribution in [1.82, 2.24) is 0 Å². The Morgan fingerprint density at radius 1 is 1.29 bits per heavy atom. The molecule has 0 amide bonds. The second-order valence-corrected chi connectivity index (χ2v) is 3.43. The normalized spacial score (nSPS) is 13.0. The van der Waals surface area contributed by atoms with Crippen molar-refractivity contribution < 1.29 is 0 Å². The molecule has 0 saturated heterocycles. The molecule has 0 spiro atoms. The van der Waals surface area contributed by atoms with Gasteiger partial charge in [-0.25, -0.2) is 4.99 Å². The summed E-state index contributed by atoms with van der Waals surface area (Å²) in [5.74, 6) is 0.477. The maximum absolute atomic E-state index is 5.70. The molecule has 0 unspecified atom stereocenters. The Balaban J connectivity index is 3.14. The molecule has 1 aromatic rings. The summed E-state index contributed by atoms with van der Waals surface area (Å²) in [5, 5.41) is 0. The molecule has 0 aliphatic heterocycles. The van der Waals surface area contributed by atoms with Crippen LogP contribution in [0.2, 0.25) is 0 Å². The van der Waals surface area contributed by atoms with Gasteiger partial charge in [-0.05, 0) is 31.2 Å². The molecule has 4 N–H and O–H groups in total. The Kier molecular flexibility index (Phi) is 4.76. The van der Waals surface area contributed by atoms with Crippen LogP contribution in [-0.4, -0.2) is 5.71 Å². The van der Waals surface area contributed by atoms with Crippen LogP contribution >= 0.6 is 0 Å². The van der Waals surface area contributed by atoms with E-state index in [1.807, 2.05) is 43.3 Å². The lowest BCUT2D eigenvalue weighted by molar-refractivity contribution is 1.23. The van der Waals surface area contributed by atoms with Gasteiger partial charge in [0, 0.05) is 11.3 Å². The number of rotatable bonds is 4. The molecule has 88 valence electrons. The van der Waals surface area contributed by atoms with E-state index in [0.29, 0.717) is 5.82 Å². The maximum Gasteiger partial charge on any atom is 0.119 e. The van der Waals surface area contributed by atoms with Gasteiger partial charge in [-0.3, -0.25) is 0 Å². The minimum atomic E-state index is 0.477. The molecule has 1 aromatic carbocycles. The molecule has 1 rings (SSSR count). The van der Waals surface area contributed by atoms with E-state index in [4.69, 9.17) is 11.5 Å². The van der Waals surface area contributed by atoms with E-state index in [0.717, 1.165) is 17.0 Å². The minimum absolute atomic E-state index is 0.477. The van der Waals surface area contributed by atoms with Crippen LogP contribution in [0.5, 0.6) is 0 Å². The van der Waals surface area contributed by atoms with E-state index in [2.05, 4.69) is 11.6 Å². The van der Waals surface area contributed by atoms with Crippen molar-refractivity contribution in [1.29, 1.82) is 0 Å². The summed E-state index contributed by atoms with van der Waals surface area (Å²) in [6, 6.07) is 7.48. The number of hydrogen-bond donors (Lipinski definition) is 2. The van der Waals surface area contributed by atoms with Crippen molar-refractivity contribution in [2.45, 2.75) is 6.92 Å². The number of aliphatic imine (C=N–C) groups is 1. The van der Waals surface area contributed by atoms with Crippen LogP contribution in [0, 0.1) is 0 Å². The predicted molar refractivity (Wildman–Crippen MR) is 74.7 cm³/mol. The molecule has 0 aromatic heterocycles. The molecule has 0 atom stereocenters. The second kappa shape index (κ2) is 6.33. The molecule has 0 bridgehead atoms. The first-order chi connectivity index (χ1) is 8.17. The number of nitrogens with zero attached hydrogens (tertiary/aromatic N) is 1. The van der Waals surface area contributed by atoms with Gasteiger partial charge in [0.15, 0.2) is 0 Å². The first kappa shape index (κ1) is 12.8.